The van der Waals surface area contributed by atoms with Gasteiger partial charge < -0.3 is 10.2 Å². The maximum Gasteiger partial charge on any atom is 0.125 e. The molecule has 0 aromatic carbocycles. The van der Waals surface area contributed by atoms with E-state index in [2.05, 4.69) is 66.6 Å². The molecule has 0 spiro atoms. The second kappa shape index (κ2) is 8.75. The van der Waals surface area contributed by atoms with Gasteiger partial charge in [-0.05, 0) is 110 Å². The summed E-state index contributed by atoms with van der Waals surface area (Å²) in [7, 11) is 0. The van der Waals surface area contributed by atoms with Gasteiger partial charge in [-0.3, -0.25) is 0 Å². The zero-order valence-corrected chi connectivity index (χ0v) is 25.2. The Morgan fingerprint density at radius 1 is 1.05 bits per heavy atom. The molecule has 0 unspecified atom stereocenters. The lowest BCUT2D eigenvalue weighted by atomic mass is 9.35. The van der Waals surface area contributed by atoms with Crippen LogP contribution in [-0.4, -0.2) is 31.9 Å². The second-order valence-corrected chi connectivity index (χ2v) is 15.8. The molecule has 208 valence electrons. The molecule has 9 atom stereocenters. The standard InChI is InChI=1S/C33H54N2O2/c1-20(2)11-10-14-33(9,37)23-12-15-32(8)27(23)24(36)17-26-30(6)18-22-19-34-21(3)35-28(22)29(4,5)25(30)13-16-31(26,32)7/h19-20,23-27,36-37H,10-18H2,1-9H3/t23-,24+,25-,26+,27-,30-,31+,32+,33-/m0/s1. The third-order valence-electron chi connectivity index (χ3n) is 13.0. The largest absolute Gasteiger partial charge is 0.393 e. The maximum atomic E-state index is 12.0. The lowest BCUT2D eigenvalue weighted by Gasteiger charge is -2.70. The Labute approximate surface area is 226 Å². The van der Waals surface area contributed by atoms with Crippen LogP contribution in [0.25, 0.3) is 0 Å². The van der Waals surface area contributed by atoms with Crippen LogP contribution in [0.4, 0.5) is 0 Å². The molecular weight excluding hydrogens is 456 g/mol. The maximum absolute atomic E-state index is 12.0. The first-order valence-electron chi connectivity index (χ1n) is 15.3. The van der Waals surface area contributed by atoms with Crippen LogP contribution in [0.5, 0.6) is 0 Å². The predicted molar refractivity (Wildman–Crippen MR) is 150 cm³/mol. The van der Waals surface area contributed by atoms with E-state index >= 15 is 0 Å². The fraction of sp³-hybridized carbons (Fsp3) is 0.879. The molecule has 4 heteroatoms. The van der Waals surface area contributed by atoms with Crippen LogP contribution in [0.15, 0.2) is 6.20 Å². The Morgan fingerprint density at radius 3 is 2.41 bits per heavy atom. The van der Waals surface area contributed by atoms with Crippen molar-refractivity contribution in [3.63, 3.8) is 0 Å². The van der Waals surface area contributed by atoms with Crippen LogP contribution in [0.2, 0.25) is 0 Å². The Bertz CT molecular complexity index is 1030. The van der Waals surface area contributed by atoms with E-state index in [0.29, 0.717) is 17.8 Å². The fourth-order valence-corrected chi connectivity index (χ4v) is 11.1. The number of aryl methyl sites for hydroxylation is 1. The topological polar surface area (TPSA) is 66.2 Å². The molecule has 0 amide bonds. The van der Waals surface area contributed by atoms with Crippen LogP contribution >= 0.6 is 0 Å². The summed E-state index contributed by atoms with van der Waals surface area (Å²) in [6.07, 6.45) is 11.3. The van der Waals surface area contributed by atoms with Gasteiger partial charge in [-0.2, -0.15) is 0 Å². The Morgan fingerprint density at radius 2 is 1.73 bits per heavy atom. The van der Waals surface area contributed by atoms with Crippen molar-refractivity contribution in [1.29, 1.82) is 0 Å². The van der Waals surface area contributed by atoms with Gasteiger partial charge in [0, 0.05) is 11.6 Å². The molecule has 3 saturated carbocycles. The lowest BCUT2D eigenvalue weighted by molar-refractivity contribution is -0.223. The van der Waals surface area contributed by atoms with Crippen molar-refractivity contribution in [3.8, 4) is 0 Å². The van der Waals surface area contributed by atoms with Crippen molar-refractivity contribution in [2.75, 3.05) is 0 Å². The van der Waals surface area contributed by atoms with E-state index in [-0.39, 0.29) is 39.6 Å². The van der Waals surface area contributed by atoms with Gasteiger partial charge in [-0.15, -0.1) is 0 Å². The molecule has 0 radical (unpaired) electrons. The van der Waals surface area contributed by atoms with Crippen molar-refractivity contribution in [2.24, 2.45) is 45.8 Å². The summed E-state index contributed by atoms with van der Waals surface area (Å²) in [4.78, 5) is 9.59. The molecule has 1 heterocycles. The number of hydrogen-bond acceptors (Lipinski definition) is 4. The van der Waals surface area contributed by atoms with Gasteiger partial charge >= 0.3 is 0 Å². The van der Waals surface area contributed by atoms with Gasteiger partial charge in [0.25, 0.3) is 0 Å². The van der Waals surface area contributed by atoms with Crippen LogP contribution in [0.1, 0.15) is 124 Å². The fourth-order valence-electron chi connectivity index (χ4n) is 11.1. The van der Waals surface area contributed by atoms with Crippen molar-refractivity contribution < 1.29 is 10.2 Å². The highest BCUT2D eigenvalue weighted by Crippen LogP contribution is 2.75. The number of aliphatic hydroxyl groups excluding tert-OH is 1. The highest BCUT2D eigenvalue weighted by Gasteiger charge is 2.71. The first-order valence-corrected chi connectivity index (χ1v) is 15.3. The number of aromatic nitrogens is 2. The van der Waals surface area contributed by atoms with Crippen LogP contribution in [-0.2, 0) is 11.8 Å². The summed E-state index contributed by atoms with van der Waals surface area (Å²) in [5.41, 5.74) is 2.17. The zero-order valence-electron chi connectivity index (χ0n) is 25.2. The molecule has 3 fully saturated rings. The number of nitrogens with zero attached hydrogens (tertiary/aromatic N) is 2. The Balaban J connectivity index is 1.50. The van der Waals surface area contributed by atoms with Crippen LogP contribution < -0.4 is 0 Å². The normalized spacial score (nSPS) is 43.9. The SMILES string of the molecule is Cc1ncc2c(n1)C(C)(C)[C@@H]1CC[C@]3(C)[C@H](C[C@@H](O)[C@@H]4[C@@H]([C@@](C)(O)CCCC(C)C)CC[C@]43C)[C@@]1(C)C2. The van der Waals surface area contributed by atoms with Gasteiger partial charge in [0.05, 0.1) is 17.4 Å². The third-order valence-corrected chi connectivity index (χ3v) is 13.0. The van der Waals surface area contributed by atoms with E-state index in [9.17, 15) is 10.2 Å². The van der Waals surface area contributed by atoms with Crippen LogP contribution in [0, 0.1) is 52.8 Å². The summed E-state index contributed by atoms with van der Waals surface area (Å²) in [5.74, 6) is 2.90. The summed E-state index contributed by atoms with van der Waals surface area (Å²) in [6.45, 7) is 21.0. The number of hydrogen-bond donors (Lipinski definition) is 2. The molecule has 5 rings (SSSR count). The second-order valence-electron chi connectivity index (χ2n) is 15.8. The summed E-state index contributed by atoms with van der Waals surface area (Å²) in [5, 5.41) is 23.8. The molecule has 37 heavy (non-hydrogen) atoms. The van der Waals surface area contributed by atoms with Gasteiger partial charge in [-0.25, -0.2) is 9.97 Å². The molecule has 4 aliphatic rings. The van der Waals surface area contributed by atoms with E-state index in [1.54, 1.807) is 0 Å². The Hall–Kier alpha value is -1.00. The average Bonchev–Trinajstić information content (AvgIpc) is 3.16. The summed E-state index contributed by atoms with van der Waals surface area (Å²) < 4.78 is 0. The minimum atomic E-state index is -0.705. The van der Waals surface area contributed by atoms with Crippen molar-refractivity contribution in [1.82, 2.24) is 9.97 Å². The average molecular weight is 511 g/mol. The smallest absolute Gasteiger partial charge is 0.125 e. The van der Waals surface area contributed by atoms with Crippen molar-refractivity contribution >= 4 is 0 Å². The van der Waals surface area contributed by atoms with Crippen molar-refractivity contribution in [2.45, 2.75) is 137 Å². The Kier molecular flexibility index (Phi) is 6.52. The van der Waals surface area contributed by atoms with Gasteiger partial charge in [-0.1, -0.05) is 61.3 Å². The monoisotopic (exact) mass is 510 g/mol. The molecule has 1 aromatic rings. The first-order chi connectivity index (χ1) is 17.1. The van der Waals surface area contributed by atoms with Gasteiger partial charge in [0.1, 0.15) is 5.82 Å². The molecule has 0 bridgehead atoms. The quantitative estimate of drug-likeness (QED) is 0.446. The minimum absolute atomic E-state index is 0.00162. The summed E-state index contributed by atoms with van der Waals surface area (Å²) in [6, 6.07) is 0. The third kappa shape index (κ3) is 3.89. The number of rotatable bonds is 5. The molecule has 2 N–H and O–H groups in total. The van der Waals surface area contributed by atoms with E-state index < -0.39 is 5.60 Å². The molecule has 1 aromatic heterocycles. The predicted octanol–water partition coefficient (Wildman–Crippen LogP) is 7.03. The first kappa shape index (κ1) is 27.6. The molecule has 0 saturated heterocycles. The highest BCUT2D eigenvalue weighted by molar-refractivity contribution is 5.35. The number of fused-ring (bicyclic) bond motifs is 6. The van der Waals surface area contributed by atoms with E-state index in [4.69, 9.17) is 4.98 Å². The van der Waals surface area contributed by atoms with Gasteiger partial charge in [0.15, 0.2) is 0 Å². The van der Waals surface area contributed by atoms with Crippen LogP contribution in [0.3, 0.4) is 0 Å². The van der Waals surface area contributed by atoms with Crippen molar-refractivity contribution in [3.05, 3.63) is 23.3 Å². The minimum Gasteiger partial charge on any atom is -0.393 e. The van der Waals surface area contributed by atoms with Gasteiger partial charge in [0.2, 0.25) is 0 Å². The zero-order chi connectivity index (χ0) is 27.2. The lowest BCUT2D eigenvalue weighted by Crippen LogP contribution is -2.66. The molecule has 0 aliphatic heterocycles. The highest BCUT2D eigenvalue weighted by atomic mass is 16.3. The summed E-state index contributed by atoms with van der Waals surface area (Å²) >= 11 is 0. The molecule has 4 nitrogen and oxygen atoms in total. The van der Waals surface area contributed by atoms with E-state index in [1.807, 2.05) is 6.92 Å². The number of aliphatic hydroxyl groups is 2. The van der Waals surface area contributed by atoms with E-state index in [1.165, 1.54) is 24.1 Å². The molecular formula is C33H54N2O2. The molecule has 4 aliphatic carbocycles. The van der Waals surface area contributed by atoms with E-state index in [0.717, 1.165) is 50.8 Å².